The third-order valence-corrected chi connectivity index (χ3v) is 2.95. The van der Waals surface area contributed by atoms with Crippen LogP contribution in [0.5, 0.6) is 0 Å². The molecular weight excluding hydrogens is 228 g/mol. The molecule has 2 aliphatic heterocycles. The Morgan fingerprint density at radius 3 is 2.88 bits per heavy atom. The maximum absolute atomic E-state index is 13.7. The highest BCUT2D eigenvalue weighted by Crippen LogP contribution is 2.40. The Morgan fingerprint density at radius 2 is 2.29 bits per heavy atom. The maximum atomic E-state index is 13.7. The molecule has 6 heteroatoms. The molecule has 90 valence electrons. The molecule has 1 saturated heterocycles. The number of aliphatic imine (C=N–C) groups is 1. The smallest absolute Gasteiger partial charge is 0.134 e. The molecule has 2 heterocycles. The molecule has 2 aliphatic rings. The summed E-state index contributed by atoms with van der Waals surface area (Å²) in [6.45, 7) is 1.43. The average Bonchev–Trinajstić information content (AvgIpc) is 2.86. The first-order chi connectivity index (χ1) is 8.20. The number of epoxide rings is 1. The predicted molar refractivity (Wildman–Crippen MR) is 57.2 cm³/mol. The number of hydrogen-bond acceptors (Lipinski definition) is 4. The van der Waals surface area contributed by atoms with Gasteiger partial charge in [-0.25, -0.2) is 8.78 Å². The standard InChI is InChI=1S/C11H11F2N3O/c12-8-1-2-9(10(13)3-8)11(5-17-11)4-16-7-14-6-15-16/h1-3,6H,4-5,7H2,(H,14,15). The summed E-state index contributed by atoms with van der Waals surface area (Å²) in [4.78, 5) is 3.99. The van der Waals surface area contributed by atoms with Gasteiger partial charge in [-0.05, 0) is 6.07 Å². The van der Waals surface area contributed by atoms with Crippen molar-refractivity contribution in [3.8, 4) is 0 Å². The number of nitrogens with one attached hydrogen (secondary N) is 1. The molecule has 1 N–H and O–H groups in total. The second-order valence-electron chi connectivity index (χ2n) is 4.19. The van der Waals surface area contributed by atoms with E-state index < -0.39 is 17.2 Å². The molecule has 4 nitrogen and oxygen atoms in total. The van der Waals surface area contributed by atoms with Gasteiger partial charge >= 0.3 is 0 Å². The van der Waals surface area contributed by atoms with Crippen LogP contribution in [0.2, 0.25) is 0 Å². The van der Waals surface area contributed by atoms with Gasteiger partial charge < -0.3 is 10.2 Å². The number of ether oxygens (including phenoxy) is 1. The van der Waals surface area contributed by atoms with Gasteiger partial charge in [-0.1, -0.05) is 6.07 Å². The lowest BCUT2D eigenvalue weighted by Gasteiger charge is -2.20. The van der Waals surface area contributed by atoms with Crippen molar-refractivity contribution in [2.24, 2.45) is 4.99 Å². The minimum atomic E-state index is -0.668. The van der Waals surface area contributed by atoms with E-state index in [0.717, 1.165) is 6.07 Å². The van der Waals surface area contributed by atoms with Crippen molar-refractivity contribution in [3.05, 3.63) is 35.4 Å². The molecule has 17 heavy (non-hydrogen) atoms. The molecule has 3 rings (SSSR count). The van der Waals surface area contributed by atoms with Gasteiger partial charge in [0.15, 0.2) is 0 Å². The Hall–Kier alpha value is -1.53. The highest BCUT2D eigenvalue weighted by atomic mass is 19.1. The molecule has 0 saturated carbocycles. The third kappa shape index (κ3) is 1.89. The highest BCUT2D eigenvalue weighted by Gasteiger charge is 2.49. The average molecular weight is 239 g/mol. The zero-order valence-corrected chi connectivity index (χ0v) is 8.99. The first-order valence-corrected chi connectivity index (χ1v) is 5.29. The SMILES string of the molecule is Fc1ccc(C2(CN3CN=CN3)CO2)c(F)c1. The van der Waals surface area contributed by atoms with Crippen LogP contribution in [0, 0.1) is 11.6 Å². The number of hydrogen-bond donors (Lipinski definition) is 1. The van der Waals surface area contributed by atoms with Crippen molar-refractivity contribution in [2.75, 3.05) is 19.8 Å². The number of nitrogens with zero attached hydrogens (tertiary/aromatic N) is 2. The van der Waals surface area contributed by atoms with E-state index in [0.29, 0.717) is 25.4 Å². The lowest BCUT2D eigenvalue weighted by atomic mass is 9.99. The van der Waals surface area contributed by atoms with Crippen LogP contribution < -0.4 is 5.43 Å². The molecule has 0 spiro atoms. The molecule has 0 aliphatic carbocycles. The summed E-state index contributed by atoms with van der Waals surface area (Å²) in [6.07, 6.45) is 1.58. The summed E-state index contributed by atoms with van der Waals surface area (Å²) >= 11 is 0. The van der Waals surface area contributed by atoms with Crippen LogP contribution in [0.3, 0.4) is 0 Å². The lowest BCUT2D eigenvalue weighted by molar-refractivity contribution is 0.175. The normalized spacial score (nSPS) is 27.2. The quantitative estimate of drug-likeness (QED) is 0.800. The van der Waals surface area contributed by atoms with E-state index in [9.17, 15) is 8.78 Å². The van der Waals surface area contributed by atoms with Crippen molar-refractivity contribution < 1.29 is 13.5 Å². The van der Waals surface area contributed by atoms with Gasteiger partial charge in [0, 0.05) is 11.6 Å². The Labute approximate surface area is 96.9 Å². The topological polar surface area (TPSA) is 40.2 Å². The molecular formula is C11H11F2N3O. The van der Waals surface area contributed by atoms with Crippen molar-refractivity contribution >= 4 is 6.34 Å². The summed E-state index contributed by atoms with van der Waals surface area (Å²) in [6, 6.07) is 3.57. The molecule has 1 unspecified atom stereocenters. The molecule has 1 aromatic carbocycles. The monoisotopic (exact) mass is 239 g/mol. The minimum absolute atomic E-state index is 0.396. The second kappa shape index (κ2) is 3.75. The summed E-state index contributed by atoms with van der Waals surface area (Å²) in [7, 11) is 0. The van der Waals surface area contributed by atoms with Gasteiger partial charge in [0.25, 0.3) is 0 Å². The molecule has 0 amide bonds. The third-order valence-electron chi connectivity index (χ3n) is 2.95. The lowest BCUT2D eigenvalue weighted by Crippen LogP contribution is -2.39. The fourth-order valence-electron chi connectivity index (χ4n) is 1.98. The molecule has 1 fully saturated rings. The van der Waals surface area contributed by atoms with E-state index in [1.165, 1.54) is 12.1 Å². The Morgan fingerprint density at radius 1 is 1.47 bits per heavy atom. The van der Waals surface area contributed by atoms with Crippen molar-refractivity contribution in [1.82, 2.24) is 10.4 Å². The van der Waals surface area contributed by atoms with Crippen molar-refractivity contribution in [2.45, 2.75) is 5.60 Å². The van der Waals surface area contributed by atoms with Crippen molar-refractivity contribution in [3.63, 3.8) is 0 Å². The first-order valence-electron chi connectivity index (χ1n) is 5.29. The van der Waals surface area contributed by atoms with E-state index in [1.807, 2.05) is 5.01 Å². The zero-order chi connectivity index (χ0) is 11.9. The van der Waals surface area contributed by atoms with Gasteiger partial charge in [0.2, 0.25) is 0 Å². The molecule has 0 radical (unpaired) electrons. The predicted octanol–water partition coefficient (Wildman–Crippen LogP) is 0.996. The van der Waals surface area contributed by atoms with Crippen LogP contribution in [0.15, 0.2) is 23.2 Å². The Bertz CT molecular complexity index is 466. The van der Waals surface area contributed by atoms with E-state index in [-0.39, 0.29) is 0 Å². The molecule has 0 aromatic heterocycles. The van der Waals surface area contributed by atoms with E-state index in [2.05, 4.69) is 10.4 Å². The minimum Gasteiger partial charge on any atom is -0.363 e. The molecule has 1 aromatic rings. The largest absolute Gasteiger partial charge is 0.363 e. The molecule has 0 bridgehead atoms. The van der Waals surface area contributed by atoms with Gasteiger partial charge in [0.1, 0.15) is 23.9 Å². The number of hydrazine groups is 1. The van der Waals surface area contributed by atoms with Crippen LogP contribution >= 0.6 is 0 Å². The van der Waals surface area contributed by atoms with E-state index in [1.54, 1.807) is 6.34 Å². The second-order valence-corrected chi connectivity index (χ2v) is 4.19. The van der Waals surface area contributed by atoms with Gasteiger partial charge in [-0.2, -0.15) is 5.01 Å². The summed E-state index contributed by atoms with van der Waals surface area (Å²) in [5.74, 6) is -1.15. The van der Waals surface area contributed by atoms with Crippen LogP contribution in [-0.2, 0) is 10.3 Å². The maximum Gasteiger partial charge on any atom is 0.134 e. The van der Waals surface area contributed by atoms with Crippen LogP contribution in [0.1, 0.15) is 5.56 Å². The van der Waals surface area contributed by atoms with Crippen LogP contribution in [-0.4, -0.2) is 31.2 Å². The summed E-state index contributed by atoms with van der Waals surface area (Å²) in [5, 5.41) is 1.82. The van der Waals surface area contributed by atoms with Gasteiger partial charge in [-0.15, -0.1) is 0 Å². The van der Waals surface area contributed by atoms with Crippen LogP contribution in [0.25, 0.3) is 0 Å². The zero-order valence-electron chi connectivity index (χ0n) is 8.99. The number of halogens is 2. The van der Waals surface area contributed by atoms with E-state index >= 15 is 0 Å². The fourth-order valence-corrected chi connectivity index (χ4v) is 1.98. The summed E-state index contributed by atoms with van der Waals surface area (Å²) in [5.41, 5.74) is 2.65. The fraction of sp³-hybridized carbons (Fsp3) is 0.364. The number of rotatable bonds is 3. The van der Waals surface area contributed by atoms with E-state index in [4.69, 9.17) is 4.74 Å². The van der Waals surface area contributed by atoms with Crippen molar-refractivity contribution in [1.29, 1.82) is 0 Å². The first kappa shape index (κ1) is 10.6. The summed E-state index contributed by atoms with van der Waals surface area (Å²) < 4.78 is 31.9. The Balaban J connectivity index is 1.82. The highest BCUT2D eigenvalue weighted by molar-refractivity contribution is 5.55. The van der Waals surface area contributed by atoms with Gasteiger partial charge in [0.05, 0.1) is 19.5 Å². The van der Waals surface area contributed by atoms with Crippen LogP contribution in [0.4, 0.5) is 8.78 Å². The Kier molecular flexibility index (Phi) is 2.34. The van der Waals surface area contributed by atoms with Gasteiger partial charge in [-0.3, -0.25) is 4.99 Å². The number of benzene rings is 1. The molecule has 1 atom stereocenters.